The second kappa shape index (κ2) is 7.37. The molecule has 3 aromatic rings. The van der Waals surface area contributed by atoms with Gasteiger partial charge in [0.15, 0.2) is 0 Å². The van der Waals surface area contributed by atoms with E-state index in [0.29, 0.717) is 19.6 Å². The summed E-state index contributed by atoms with van der Waals surface area (Å²) in [6.45, 7) is 3.56. The summed E-state index contributed by atoms with van der Waals surface area (Å²) >= 11 is 0. The van der Waals surface area contributed by atoms with E-state index in [-0.39, 0.29) is 11.8 Å². The minimum atomic E-state index is -0.146. The Bertz CT molecular complexity index is 931. The van der Waals surface area contributed by atoms with Gasteiger partial charge in [-0.3, -0.25) is 9.89 Å². The Morgan fingerprint density at radius 3 is 2.48 bits per heavy atom. The maximum atomic E-state index is 12.5. The molecule has 3 N–H and O–H groups in total. The monoisotopic (exact) mass is 360 g/mol. The number of hydrogen-bond donors (Lipinski definition) is 2. The summed E-state index contributed by atoms with van der Waals surface area (Å²) in [6, 6.07) is 18.8. The number of hydrogen-bond acceptors (Lipinski definition) is 3. The van der Waals surface area contributed by atoms with E-state index in [4.69, 9.17) is 5.73 Å². The molecule has 2 aromatic carbocycles. The van der Waals surface area contributed by atoms with Crippen LogP contribution < -0.4 is 5.73 Å². The lowest BCUT2D eigenvalue weighted by atomic mass is 9.98. The smallest absolute Gasteiger partial charge is 0.226 e. The van der Waals surface area contributed by atoms with E-state index in [0.717, 1.165) is 28.9 Å². The standard InChI is InChI=1S/C22H24N4O/c1-15(13-23)22(27)26-12-11-20-19(14-26)21(25-24-20)18-9-7-17(8-10-18)16-5-3-2-4-6-16/h2-10,15H,11-14,23H2,1H3,(H,24,25)/t15-/m0/s1. The topological polar surface area (TPSA) is 75.0 Å². The Kier molecular flexibility index (Phi) is 4.77. The van der Waals surface area contributed by atoms with Crippen molar-refractivity contribution < 1.29 is 4.79 Å². The number of amides is 1. The molecule has 1 atom stereocenters. The molecule has 0 bridgehead atoms. The molecule has 0 saturated heterocycles. The maximum Gasteiger partial charge on any atom is 0.226 e. The molecule has 1 aromatic heterocycles. The molecule has 1 aliphatic heterocycles. The molecule has 0 spiro atoms. The Morgan fingerprint density at radius 2 is 1.78 bits per heavy atom. The van der Waals surface area contributed by atoms with Crippen LogP contribution in [0.4, 0.5) is 0 Å². The highest BCUT2D eigenvalue weighted by Gasteiger charge is 2.27. The fraction of sp³-hybridized carbons (Fsp3) is 0.273. The SMILES string of the molecule is C[C@@H](CN)C(=O)N1CCc2[nH]nc(-c3ccc(-c4ccccc4)cc3)c2C1. The Balaban J connectivity index is 1.60. The highest BCUT2D eigenvalue weighted by Crippen LogP contribution is 2.30. The fourth-order valence-electron chi connectivity index (χ4n) is 3.59. The number of nitrogens with two attached hydrogens (primary N) is 1. The van der Waals surface area contributed by atoms with Crippen LogP contribution in [-0.2, 0) is 17.8 Å². The average molecular weight is 360 g/mol. The van der Waals surface area contributed by atoms with Crippen LogP contribution in [0.25, 0.3) is 22.4 Å². The van der Waals surface area contributed by atoms with Crippen molar-refractivity contribution in [2.45, 2.75) is 19.9 Å². The first kappa shape index (κ1) is 17.5. The molecule has 1 aliphatic rings. The molecule has 4 rings (SSSR count). The van der Waals surface area contributed by atoms with Crippen molar-refractivity contribution in [1.82, 2.24) is 15.1 Å². The molecule has 5 nitrogen and oxygen atoms in total. The average Bonchev–Trinajstić information content (AvgIpc) is 3.16. The predicted molar refractivity (Wildman–Crippen MR) is 107 cm³/mol. The molecule has 0 unspecified atom stereocenters. The number of nitrogens with one attached hydrogen (secondary N) is 1. The first-order chi connectivity index (χ1) is 13.2. The van der Waals surface area contributed by atoms with Crippen molar-refractivity contribution in [1.29, 1.82) is 0 Å². The van der Waals surface area contributed by atoms with Crippen molar-refractivity contribution in [3.8, 4) is 22.4 Å². The molecule has 0 aliphatic carbocycles. The number of fused-ring (bicyclic) bond motifs is 1. The van der Waals surface area contributed by atoms with Gasteiger partial charge < -0.3 is 10.6 Å². The van der Waals surface area contributed by atoms with Gasteiger partial charge in [0.1, 0.15) is 0 Å². The van der Waals surface area contributed by atoms with Crippen LogP contribution in [0.3, 0.4) is 0 Å². The largest absolute Gasteiger partial charge is 0.338 e. The lowest BCUT2D eigenvalue weighted by Crippen LogP contribution is -2.41. The zero-order chi connectivity index (χ0) is 18.8. The van der Waals surface area contributed by atoms with Crippen molar-refractivity contribution in [3.05, 3.63) is 65.9 Å². The van der Waals surface area contributed by atoms with E-state index in [9.17, 15) is 4.79 Å². The number of H-pyrrole nitrogens is 1. The summed E-state index contributed by atoms with van der Waals surface area (Å²) in [5.41, 5.74) is 12.3. The molecule has 138 valence electrons. The quantitative estimate of drug-likeness (QED) is 0.750. The van der Waals surface area contributed by atoms with E-state index >= 15 is 0 Å². The van der Waals surface area contributed by atoms with Crippen LogP contribution >= 0.6 is 0 Å². The molecule has 0 saturated carbocycles. The normalized spacial score (nSPS) is 14.7. The molecule has 5 heteroatoms. The number of benzene rings is 2. The minimum Gasteiger partial charge on any atom is -0.338 e. The van der Waals surface area contributed by atoms with E-state index in [1.165, 1.54) is 11.1 Å². The Hall–Kier alpha value is -2.92. The number of rotatable bonds is 4. The highest BCUT2D eigenvalue weighted by molar-refractivity contribution is 5.79. The molecular formula is C22H24N4O. The van der Waals surface area contributed by atoms with E-state index in [1.54, 1.807) is 0 Å². The third-order valence-corrected chi connectivity index (χ3v) is 5.29. The van der Waals surface area contributed by atoms with Crippen LogP contribution in [-0.4, -0.2) is 34.1 Å². The van der Waals surface area contributed by atoms with Crippen LogP contribution in [0, 0.1) is 5.92 Å². The van der Waals surface area contributed by atoms with Gasteiger partial charge in [-0.15, -0.1) is 0 Å². The van der Waals surface area contributed by atoms with Gasteiger partial charge in [-0.2, -0.15) is 5.10 Å². The summed E-state index contributed by atoms with van der Waals surface area (Å²) in [7, 11) is 0. The molecule has 27 heavy (non-hydrogen) atoms. The summed E-state index contributed by atoms with van der Waals surface area (Å²) in [4.78, 5) is 14.4. The van der Waals surface area contributed by atoms with Gasteiger partial charge in [-0.05, 0) is 11.1 Å². The van der Waals surface area contributed by atoms with Crippen LogP contribution in [0.5, 0.6) is 0 Å². The third-order valence-electron chi connectivity index (χ3n) is 5.29. The molecule has 0 radical (unpaired) electrons. The molecule has 1 amide bonds. The summed E-state index contributed by atoms with van der Waals surface area (Å²) < 4.78 is 0. The van der Waals surface area contributed by atoms with E-state index in [1.807, 2.05) is 30.0 Å². The number of nitrogens with zero attached hydrogens (tertiary/aromatic N) is 2. The zero-order valence-electron chi connectivity index (χ0n) is 15.5. The van der Waals surface area contributed by atoms with Gasteiger partial charge in [-0.1, -0.05) is 61.5 Å². The number of carbonyl (C=O) groups excluding carboxylic acids is 1. The van der Waals surface area contributed by atoms with Gasteiger partial charge >= 0.3 is 0 Å². The van der Waals surface area contributed by atoms with Gasteiger partial charge in [0.05, 0.1) is 5.69 Å². The van der Waals surface area contributed by atoms with Crippen molar-refractivity contribution in [3.63, 3.8) is 0 Å². The number of aromatic amines is 1. The van der Waals surface area contributed by atoms with E-state index < -0.39 is 0 Å². The second-order valence-corrected chi connectivity index (χ2v) is 7.12. The van der Waals surface area contributed by atoms with Crippen LogP contribution in [0.15, 0.2) is 54.6 Å². The Morgan fingerprint density at radius 1 is 1.11 bits per heavy atom. The fourth-order valence-corrected chi connectivity index (χ4v) is 3.59. The molecule has 0 fully saturated rings. The van der Waals surface area contributed by atoms with Crippen LogP contribution in [0.2, 0.25) is 0 Å². The van der Waals surface area contributed by atoms with Gasteiger partial charge in [0.2, 0.25) is 5.91 Å². The predicted octanol–water partition coefficient (Wildman–Crippen LogP) is 3.22. The molecular weight excluding hydrogens is 336 g/mol. The number of aromatic nitrogens is 2. The molecule has 2 heterocycles. The van der Waals surface area contributed by atoms with Crippen molar-refractivity contribution >= 4 is 5.91 Å². The van der Waals surface area contributed by atoms with E-state index in [2.05, 4.69) is 46.6 Å². The zero-order valence-corrected chi connectivity index (χ0v) is 15.5. The van der Waals surface area contributed by atoms with Crippen molar-refractivity contribution in [2.24, 2.45) is 11.7 Å². The number of carbonyl (C=O) groups is 1. The van der Waals surface area contributed by atoms with Gasteiger partial charge in [-0.25, -0.2) is 0 Å². The summed E-state index contributed by atoms with van der Waals surface area (Å²) in [5, 5.41) is 7.70. The Labute approximate surface area is 159 Å². The summed E-state index contributed by atoms with van der Waals surface area (Å²) in [6.07, 6.45) is 0.799. The lowest BCUT2D eigenvalue weighted by molar-refractivity contribution is -0.135. The van der Waals surface area contributed by atoms with Crippen molar-refractivity contribution in [2.75, 3.05) is 13.1 Å². The second-order valence-electron chi connectivity index (χ2n) is 7.12. The third kappa shape index (κ3) is 3.38. The highest BCUT2D eigenvalue weighted by atomic mass is 16.2. The first-order valence-electron chi connectivity index (χ1n) is 9.38. The van der Waals surface area contributed by atoms with Gasteiger partial charge in [0, 0.05) is 48.8 Å². The first-order valence-corrected chi connectivity index (χ1v) is 9.38. The van der Waals surface area contributed by atoms with Crippen LogP contribution in [0.1, 0.15) is 18.2 Å². The lowest BCUT2D eigenvalue weighted by Gasteiger charge is -2.29. The maximum absolute atomic E-state index is 12.5. The summed E-state index contributed by atoms with van der Waals surface area (Å²) in [5.74, 6) is -0.0261. The minimum absolute atomic E-state index is 0.120. The van der Waals surface area contributed by atoms with Gasteiger partial charge in [0.25, 0.3) is 0 Å².